The lowest BCUT2D eigenvalue weighted by Gasteiger charge is -2.29. The first-order valence-corrected chi connectivity index (χ1v) is 11.7. The van der Waals surface area contributed by atoms with Crippen molar-refractivity contribution >= 4 is 28.1 Å². The minimum Gasteiger partial charge on any atom is -0.480 e. The Morgan fingerprint density at radius 2 is 1.86 bits per heavy atom. The molecule has 0 spiro atoms. The maximum absolute atomic E-state index is 13.1. The quantitative estimate of drug-likeness (QED) is 0.319. The molecule has 4 heterocycles. The number of rotatable bonds is 7. The molecule has 0 radical (unpaired) electrons. The number of H-pyrrole nitrogens is 1. The fourth-order valence-electron chi connectivity index (χ4n) is 4.73. The summed E-state index contributed by atoms with van der Waals surface area (Å²) in [6, 6.07) is 3.33. The number of aromatic amines is 1. The number of methoxy groups -OCH3 is 1. The highest BCUT2D eigenvalue weighted by molar-refractivity contribution is 5.97. The first-order valence-electron chi connectivity index (χ1n) is 11.7. The number of nitrogens with one attached hydrogen (secondary N) is 2. The largest absolute Gasteiger partial charge is 0.522 e. The van der Waals surface area contributed by atoms with Crippen LogP contribution in [-0.4, -0.2) is 61.5 Å². The van der Waals surface area contributed by atoms with Crippen molar-refractivity contribution in [2.24, 2.45) is 0 Å². The molecule has 37 heavy (non-hydrogen) atoms. The van der Waals surface area contributed by atoms with Crippen molar-refractivity contribution in [3.05, 3.63) is 24.2 Å². The van der Waals surface area contributed by atoms with Crippen LogP contribution in [0.3, 0.4) is 0 Å². The van der Waals surface area contributed by atoms with Crippen LogP contribution >= 0.6 is 0 Å². The third-order valence-electron chi connectivity index (χ3n) is 6.38. The summed E-state index contributed by atoms with van der Waals surface area (Å²) in [6.07, 6.45) is -4.91. The second kappa shape index (κ2) is 9.72. The molecule has 9 nitrogen and oxygen atoms in total. The fourth-order valence-corrected chi connectivity index (χ4v) is 4.73. The van der Waals surface area contributed by atoms with Gasteiger partial charge in [-0.15, -0.1) is 13.2 Å². The molecule has 1 aliphatic rings. The van der Waals surface area contributed by atoms with Crippen LogP contribution in [0.1, 0.15) is 31.5 Å². The van der Waals surface area contributed by atoms with E-state index in [4.69, 9.17) is 4.74 Å². The summed E-state index contributed by atoms with van der Waals surface area (Å²) < 4.78 is 74.7. The van der Waals surface area contributed by atoms with E-state index in [9.17, 15) is 22.0 Å². The van der Waals surface area contributed by atoms with Crippen LogP contribution in [0.4, 0.5) is 27.9 Å². The molecule has 5 rings (SSSR count). The molecule has 0 aromatic carbocycles. The van der Waals surface area contributed by atoms with Crippen molar-refractivity contribution < 1.29 is 31.4 Å². The molecule has 14 heteroatoms. The Labute approximate surface area is 207 Å². The molecule has 0 aliphatic heterocycles. The van der Waals surface area contributed by atoms with Gasteiger partial charge in [-0.2, -0.15) is 9.97 Å². The number of anilines is 1. The predicted octanol–water partition coefficient (Wildman–Crippen LogP) is 5.21. The van der Waals surface area contributed by atoms with E-state index in [1.165, 1.54) is 11.7 Å². The second-order valence-electron chi connectivity index (χ2n) is 8.86. The summed E-state index contributed by atoms with van der Waals surface area (Å²) in [7, 11) is 1.46. The van der Waals surface area contributed by atoms with Gasteiger partial charge in [0, 0.05) is 17.8 Å². The molecule has 0 amide bonds. The maximum Gasteiger partial charge on any atom is 0.522 e. The normalized spacial score (nSPS) is 18.7. The van der Waals surface area contributed by atoms with Gasteiger partial charge in [0.1, 0.15) is 17.0 Å². The van der Waals surface area contributed by atoms with E-state index in [2.05, 4.69) is 35.0 Å². The van der Waals surface area contributed by atoms with Gasteiger partial charge in [0.15, 0.2) is 5.65 Å². The van der Waals surface area contributed by atoms with Crippen LogP contribution in [0.25, 0.3) is 33.5 Å². The average molecular weight is 525 g/mol. The maximum atomic E-state index is 13.1. The zero-order valence-electron chi connectivity index (χ0n) is 19.9. The minimum atomic E-state index is -4.64. The number of imidazole rings is 1. The van der Waals surface area contributed by atoms with Crippen LogP contribution in [0.5, 0.6) is 5.88 Å². The minimum absolute atomic E-state index is 0.118. The first-order chi connectivity index (χ1) is 17.6. The van der Waals surface area contributed by atoms with E-state index < -0.39 is 25.4 Å². The van der Waals surface area contributed by atoms with Crippen molar-refractivity contribution in [3.8, 4) is 17.1 Å². The molecule has 198 valence electrons. The lowest BCUT2D eigenvalue weighted by molar-refractivity contribution is -0.345. The van der Waals surface area contributed by atoms with Crippen molar-refractivity contribution in [1.29, 1.82) is 0 Å². The van der Waals surface area contributed by atoms with Crippen LogP contribution < -0.4 is 10.1 Å². The zero-order chi connectivity index (χ0) is 26.3. The molecule has 2 N–H and O–H groups in total. The van der Waals surface area contributed by atoms with Crippen LogP contribution in [0.2, 0.25) is 0 Å². The molecule has 0 unspecified atom stereocenters. The molecule has 0 saturated heterocycles. The monoisotopic (exact) mass is 525 g/mol. The van der Waals surface area contributed by atoms with E-state index in [0.29, 0.717) is 52.1 Å². The number of aromatic nitrogens is 6. The van der Waals surface area contributed by atoms with Gasteiger partial charge < -0.3 is 19.6 Å². The Hall–Kier alpha value is -3.55. The van der Waals surface area contributed by atoms with Gasteiger partial charge in [-0.1, -0.05) is 0 Å². The van der Waals surface area contributed by atoms with Crippen molar-refractivity contribution in [2.45, 2.75) is 64.1 Å². The highest BCUT2D eigenvalue weighted by atomic mass is 19.4. The molecule has 4 aromatic heterocycles. The van der Waals surface area contributed by atoms with Gasteiger partial charge in [0.05, 0.1) is 30.8 Å². The van der Waals surface area contributed by atoms with Gasteiger partial charge in [-0.05, 0) is 44.7 Å². The lowest BCUT2D eigenvalue weighted by Crippen LogP contribution is -2.33. The molecule has 1 fully saturated rings. The molecule has 1 aliphatic carbocycles. The third-order valence-corrected chi connectivity index (χ3v) is 6.38. The summed E-state index contributed by atoms with van der Waals surface area (Å²) >= 11 is 0. The number of fused-ring (bicyclic) bond motifs is 2. The Morgan fingerprint density at radius 1 is 1.11 bits per heavy atom. The number of nitrogens with zero attached hydrogens (tertiary/aromatic N) is 5. The van der Waals surface area contributed by atoms with Gasteiger partial charge in [0.2, 0.25) is 11.8 Å². The SMILES string of the molecule is COc1nc(N[C@H]2CC[C@@H](OC(F)(F)F)CC2)nc2[nH]cc(-c3ccc4nc(C)n(CC(F)F)c4n3)c12. The second-order valence-corrected chi connectivity index (χ2v) is 8.86. The number of ether oxygens (including phenoxy) is 2. The predicted molar refractivity (Wildman–Crippen MR) is 125 cm³/mol. The van der Waals surface area contributed by atoms with Gasteiger partial charge in [-0.3, -0.25) is 4.74 Å². The van der Waals surface area contributed by atoms with Gasteiger partial charge >= 0.3 is 6.36 Å². The molecule has 4 aromatic rings. The molecular formula is C23H24F5N7O2. The van der Waals surface area contributed by atoms with Gasteiger partial charge in [0.25, 0.3) is 6.43 Å². The Balaban J connectivity index is 1.41. The first kappa shape index (κ1) is 25.1. The van der Waals surface area contributed by atoms with E-state index in [1.807, 2.05) is 0 Å². The Morgan fingerprint density at radius 3 is 2.54 bits per heavy atom. The topological polar surface area (TPSA) is 103 Å². The zero-order valence-corrected chi connectivity index (χ0v) is 19.9. The van der Waals surface area contributed by atoms with Gasteiger partial charge in [-0.25, -0.2) is 18.7 Å². The standard InChI is InChI=1S/C23H24F5N7O2/c1-11-30-16-8-7-15(32-20(16)35(11)10-17(24)25)14-9-29-19-18(14)21(36-2)34-22(33-19)31-12-3-5-13(6-4-12)37-23(26,27)28/h7-9,12-13,17H,3-6,10H2,1-2H3,(H2,29,31,33,34)/t12-,13+. The molecular weight excluding hydrogens is 501 g/mol. The van der Waals surface area contributed by atoms with Crippen LogP contribution in [-0.2, 0) is 11.3 Å². The summed E-state index contributed by atoms with van der Waals surface area (Å²) in [5.41, 5.74) is 2.42. The van der Waals surface area contributed by atoms with Crippen molar-refractivity contribution in [3.63, 3.8) is 0 Å². The number of alkyl halides is 5. The highest BCUT2D eigenvalue weighted by Gasteiger charge is 2.35. The van der Waals surface area contributed by atoms with Crippen molar-refractivity contribution in [2.75, 3.05) is 12.4 Å². The smallest absolute Gasteiger partial charge is 0.480 e. The number of hydrogen-bond donors (Lipinski definition) is 2. The number of halogens is 5. The van der Waals surface area contributed by atoms with E-state index in [0.717, 1.165) is 0 Å². The number of pyridine rings is 1. The average Bonchev–Trinajstić information content (AvgIpc) is 3.39. The Bertz CT molecular complexity index is 1410. The van der Waals surface area contributed by atoms with E-state index in [1.54, 1.807) is 25.3 Å². The molecule has 0 bridgehead atoms. The Kier molecular flexibility index (Phi) is 6.60. The van der Waals surface area contributed by atoms with Crippen LogP contribution in [0, 0.1) is 6.92 Å². The summed E-state index contributed by atoms with van der Waals surface area (Å²) in [5.74, 6) is 0.971. The molecule has 0 atom stereocenters. The number of aryl methyl sites for hydroxylation is 1. The summed E-state index contributed by atoms with van der Waals surface area (Å²) in [4.78, 5) is 20.9. The summed E-state index contributed by atoms with van der Waals surface area (Å²) in [6.45, 7) is 1.13. The van der Waals surface area contributed by atoms with E-state index >= 15 is 0 Å². The van der Waals surface area contributed by atoms with E-state index in [-0.39, 0.29) is 30.7 Å². The lowest BCUT2D eigenvalue weighted by atomic mass is 9.93. The third kappa shape index (κ3) is 5.29. The summed E-state index contributed by atoms with van der Waals surface area (Å²) in [5, 5.41) is 3.73. The van der Waals surface area contributed by atoms with Crippen molar-refractivity contribution in [1.82, 2.24) is 29.5 Å². The van der Waals surface area contributed by atoms with Crippen LogP contribution in [0.15, 0.2) is 18.3 Å². The number of hydrogen-bond acceptors (Lipinski definition) is 7. The molecule has 1 saturated carbocycles. The highest BCUT2D eigenvalue weighted by Crippen LogP contribution is 2.35. The fraction of sp³-hybridized carbons (Fsp3) is 0.478.